The molecule has 0 amide bonds. The topological polar surface area (TPSA) is 12.0 Å². The van der Waals surface area contributed by atoms with Gasteiger partial charge in [0.15, 0.2) is 0 Å². The first-order chi connectivity index (χ1) is 6.79. The second-order valence-corrected chi connectivity index (χ2v) is 4.98. The molecule has 0 aliphatic heterocycles. The molecule has 1 N–H and O–H groups in total. The summed E-state index contributed by atoms with van der Waals surface area (Å²) in [5, 5.41) is 3.42. The van der Waals surface area contributed by atoms with Crippen molar-refractivity contribution in [3.05, 3.63) is 0 Å². The van der Waals surface area contributed by atoms with Crippen molar-refractivity contribution >= 4 is 0 Å². The summed E-state index contributed by atoms with van der Waals surface area (Å²) < 4.78 is 0. The normalized spacial score (nSPS) is 21.6. The highest BCUT2D eigenvalue weighted by Gasteiger charge is 2.38. The van der Waals surface area contributed by atoms with Crippen LogP contribution in [0.15, 0.2) is 0 Å². The van der Waals surface area contributed by atoms with Gasteiger partial charge in [-0.2, -0.15) is 0 Å². The molecule has 1 atom stereocenters. The lowest BCUT2D eigenvalue weighted by molar-refractivity contribution is 0.0658. The Kier molecular flexibility index (Phi) is 4.94. The van der Waals surface area contributed by atoms with Crippen LogP contribution in [0.25, 0.3) is 0 Å². The lowest BCUT2D eigenvalue weighted by atomic mass is 9.61. The number of hydrogen-bond donors (Lipinski definition) is 1. The minimum Gasteiger partial charge on any atom is -0.319 e. The van der Waals surface area contributed by atoms with Crippen LogP contribution in [-0.4, -0.2) is 13.6 Å². The van der Waals surface area contributed by atoms with Gasteiger partial charge in [0, 0.05) is 6.54 Å². The Hall–Kier alpha value is -0.0400. The molecule has 0 aromatic rings. The average molecular weight is 197 g/mol. The van der Waals surface area contributed by atoms with E-state index in [-0.39, 0.29) is 0 Å². The zero-order valence-corrected chi connectivity index (χ0v) is 10.2. The molecule has 0 aromatic heterocycles. The van der Waals surface area contributed by atoms with E-state index in [2.05, 4.69) is 26.2 Å². The summed E-state index contributed by atoms with van der Waals surface area (Å²) >= 11 is 0. The summed E-state index contributed by atoms with van der Waals surface area (Å²) in [6.45, 7) is 5.92. The van der Waals surface area contributed by atoms with Crippen LogP contribution >= 0.6 is 0 Å². The van der Waals surface area contributed by atoms with Crippen molar-refractivity contribution in [2.45, 2.75) is 58.8 Å². The van der Waals surface area contributed by atoms with E-state index in [1.54, 1.807) is 0 Å². The Morgan fingerprint density at radius 2 is 2.00 bits per heavy atom. The van der Waals surface area contributed by atoms with Gasteiger partial charge in [-0.15, -0.1) is 0 Å². The fourth-order valence-electron chi connectivity index (χ4n) is 2.93. The van der Waals surface area contributed by atoms with Crippen LogP contribution in [0.2, 0.25) is 0 Å². The van der Waals surface area contributed by atoms with Gasteiger partial charge >= 0.3 is 0 Å². The summed E-state index contributed by atoms with van der Waals surface area (Å²) in [4.78, 5) is 0. The van der Waals surface area contributed by atoms with E-state index >= 15 is 0 Å². The minimum absolute atomic E-state index is 0.628. The van der Waals surface area contributed by atoms with E-state index in [0.717, 1.165) is 5.92 Å². The van der Waals surface area contributed by atoms with E-state index in [0.29, 0.717) is 5.41 Å². The zero-order chi connectivity index (χ0) is 10.4. The maximum Gasteiger partial charge on any atom is 0.000736 e. The molecule has 1 fully saturated rings. The first-order valence-corrected chi connectivity index (χ1v) is 6.43. The van der Waals surface area contributed by atoms with Crippen molar-refractivity contribution in [3.63, 3.8) is 0 Å². The van der Waals surface area contributed by atoms with Crippen molar-refractivity contribution in [3.8, 4) is 0 Å². The number of nitrogens with one attached hydrogen (secondary N) is 1. The van der Waals surface area contributed by atoms with Gasteiger partial charge in [0.1, 0.15) is 0 Å². The molecule has 1 nitrogen and oxygen atoms in total. The third-order valence-electron chi connectivity index (χ3n) is 4.23. The first kappa shape index (κ1) is 12.0. The molecule has 14 heavy (non-hydrogen) atoms. The molecule has 1 rings (SSSR count). The second kappa shape index (κ2) is 5.75. The third-order valence-corrected chi connectivity index (χ3v) is 4.23. The predicted molar refractivity (Wildman–Crippen MR) is 63.5 cm³/mol. The van der Waals surface area contributed by atoms with Gasteiger partial charge < -0.3 is 5.32 Å². The Labute approximate surface area is 89.7 Å². The first-order valence-electron chi connectivity index (χ1n) is 6.43. The van der Waals surface area contributed by atoms with Gasteiger partial charge in [0.2, 0.25) is 0 Å². The molecule has 0 saturated heterocycles. The largest absolute Gasteiger partial charge is 0.319 e. The quantitative estimate of drug-likeness (QED) is 0.657. The van der Waals surface area contributed by atoms with E-state index in [9.17, 15) is 0 Å². The van der Waals surface area contributed by atoms with Gasteiger partial charge in [0.05, 0.1) is 0 Å². The molecule has 1 saturated carbocycles. The highest BCUT2D eigenvalue weighted by Crippen LogP contribution is 2.47. The highest BCUT2D eigenvalue weighted by molar-refractivity contribution is 4.91. The van der Waals surface area contributed by atoms with E-state index in [1.165, 1.54) is 51.5 Å². The molecule has 1 heteroatoms. The predicted octanol–water partition coefficient (Wildman–Crippen LogP) is 3.59. The lowest BCUT2D eigenvalue weighted by Gasteiger charge is -2.45. The standard InChI is InChI=1S/C13H27N/c1-4-6-10-13(5-2,11-14-3)12-8-7-9-12/h12,14H,4-11H2,1-3H3. The van der Waals surface area contributed by atoms with Crippen LogP contribution in [0.4, 0.5) is 0 Å². The van der Waals surface area contributed by atoms with Crippen LogP contribution in [-0.2, 0) is 0 Å². The van der Waals surface area contributed by atoms with Crippen molar-refractivity contribution < 1.29 is 0 Å². The minimum atomic E-state index is 0.628. The van der Waals surface area contributed by atoms with Crippen molar-refractivity contribution in [2.24, 2.45) is 11.3 Å². The number of hydrogen-bond acceptors (Lipinski definition) is 1. The van der Waals surface area contributed by atoms with E-state index in [4.69, 9.17) is 0 Å². The van der Waals surface area contributed by atoms with Crippen molar-refractivity contribution in [1.29, 1.82) is 0 Å². The van der Waals surface area contributed by atoms with Gasteiger partial charge in [-0.25, -0.2) is 0 Å². The Bertz CT molecular complexity index is 151. The van der Waals surface area contributed by atoms with Gasteiger partial charge in [-0.3, -0.25) is 0 Å². The molecule has 1 aliphatic rings. The summed E-state index contributed by atoms with van der Waals surface area (Å²) in [5.74, 6) is 1.02. The maximum absolute atomic E-state index is 3.42. The molecule has 1 unspecified atom stereocenters. The Balaban J connectivity index is 2.53. The van der Waals surface area contributed by atoms with E-state index in [1.807, 2.05) is 0 Å². The van der Waals surface area contributed by atoms with Crippen molar-refractivity contribution in [2.75, 3.05) is 13.6 Å². The Morgan fingerprint density at radius 1 is 1.29 bits per heavy atom. The van der Waals surface area contributed by atoms with Crippen LogP contribution in [0.5, 0.6) is 0 Å². The van der Waals surface area contributed by atoms with Crippen molar-refractivity contribution in [1.82, 2.24) is 5.32 Å². The summed E-state index contributed by atoms with van der Waals surface area (Å²) in [6.07, 6.45) is 9.99. The summed E-state index contributed by atoms with van der Waals surface area (Å²) in [7, 11) is 2.11. The van der Waals surface area contributed by atoms with E-state index < -0.39 is 0 Å². The molecule has 84 valence electrons. The van der Waals surface area contributed by atoms with Gasteiger partial charge in [0.25, 0.3) is 0 Å². The smallest absolute Gasteiger partial charge is 0.000736 e. The van der Waals surface area contributed by atoms with Crippen LogP contribution in [0, 0.1) is 11.3 Å². The zero-order valence-electron chi connectivity index (χ0n) is 10.2. The molecule has 1 aliphatic carbocycles. The SMILES string of the molecule is CCCCC(CC)(CNC)C1CCC1. The summed E-state index contributed by atoms with van der Waals surface area (Å²) in [6, 6.07) is 0. The Morgan fingerprint density at radius 3 is 2.36 bits per heavy atom. The fourth-order valence-corrected chi connectivity index (χ4v) is 2.93. The van der Waals surface area contributed by atoms with Crippen LogP contribution < -0.4 is 5.32 Å². The maximum atomic E-state index is 3.42. The van der Waals surface area contributed by atoms with Crippen LogP contribution in [0.3, 0.4) is 0 Å². The number of rotatable bonds is 7. The molecular formula is C13H27N. The van der Waals surface area contributed by atoms with Crippen LogP contribution in [0.1, 0.15) is 58.8 Å². The average Bonchev–Trinajstić information content (AvgIpc) is 2.11. The molecule has 0 aromatic carbocycles. The molecule has 0 spiro atoms. The fraction of sp³-hybridized carbons (Fsp3) is 1.00. The molecule has 0 radical (unpaired) electrons. The summed E-state index contributed by atoms with van der Waals surface area (Å²) in [5.41, 5.74) is 0.628. The third kappa shape index (κ3) is 2.50. The van der Waals surface area contributed by atoms with Gasteiger partial charge in [-0.05, 0) is 44.1 Å². The molecular weight excluding hydrogens is 170 g/mol. The lowest BCUT2D eigenvalue weighted by Crippen LogP contribution is -2.42. The highest BCUT2D eigenvalue weighted by atomic mass is 14.8. The molecule has 0 bridgehead atoms. The monoisotopic (exact) mass is 197 g/mol. The second-order valence-electron chi connectivity index (χ2n) is 4.98. The molecule has 0 heterocycles. The number of unbranched alkanes of at least 4 members (excludes halogenated alkanes) is 1. The van der Waals surface area contributed by atoms with Gasteiger partial charge in [-0.1, -0.05) is 33.1 Å².